The van der Waals surface area contributed by atoms with Crippen LogP contribution in [-0.2, 0) is 0 Å². The molecule has 0 bridgehead atoms. The molecule has 0 saturated heterocycles. The Morgan fingerprint density at radius 2 is 1.88 bits per heavy atom. The molecule has 2 nitrogen and oxygen atoms in total. The van der Waals surface area contributed by atoms with Gasteiger partial charge in [0.05, 0.1) is 0 Å². The van der Waals surface area contributed by atoms with Gasteiger partial charge in [0.2, 0.25) is 0 Å². The van der Waals surface area contributed by atoms with Gasteiger partial charge in [0, 0.05) is 0 Å². The van der Waals surface area contributed by atoms with E-state index in [0.29, 0.717) is 5.66 Å². The van der Waals surface area contributed by atoms with Gasteiger partial charge >= 0.3 is 95.9 Å². The molecule has 2 aliphatic heterocycles. The van der Waals surface area contributed by atoms with E-state index < -0.39 is 7.06 Å². The third kappa shape index (κ3) is 1.06. The van der Waals surface area contributed by atoms with Crippen molar-refractivity contribution in [2.24, 2.45) is 0 Å². The first-order valence-corrected chi connectivity index (χ1v) is 8.36. The molecule has 1 spiro atoms. The molecule has 16 heavy (non-hydrogen) atoms. The van der Waals surface area contributed by atoms with Crippen molar-refractivity contribution in [3.8, 4) is 11.5 Å². The average Bonchev–Trinajstić information content (AvgIpc) is 2.80. The van der Waals surface area contributed by atoms with E-state index in [2.05, 4.69) is 26.0 Å². The van der Waals surface area contributed by atoms with Gasteiger partial charge in [0.15, 0.2) is 0 Å². The van der Waals surface area contributed by atoms with E-state index in [4.69, 9.17) is 9.05 Å². The number of hydrogen-bond donors (Lipinski definition) is 0. The van der Waals surface area contributed by atoms with Crippen molar-refractivity contribution >= 4 is 7.06 Å². The van der Waals surface area contributed by atoms with Crippen LogP contribution in [0.15, 0.2) is 36.4 Å². The fourth-order valence-corrected chi connectivity index (χ4v) is 6.98. The Morgan fingerprint density at radius 3 is 2.31 bits per heavy atom. The van der Waals surface area contributed by atoms with Gasteiger partial charge in [-0.25, -0.2) is 0 Å². The van der Waals surface area contributed by atoms with Crippen molar-refractivity contribution in [1.29, 1.82) is 0 Å². The molecule has 2 heterocycles. The van der Waals surface area contributed by atoms with Crippen LogP contribution in [0, 0.1) is 0 Å². The summed E-state index contributed by atoms with van der Waals surface area (Å²) in [5, 5.41) is 0. The fourth-order valence-electron chi connectivity index (χ4n) is 2.72. The normalized spacial score (nSPS) is 30.1. The molecule has 0 amide bonds. The van der Waals surface area contributed by atoms with Gasteiger partial charge in [0.1, 0.15) is 0 Å². The molecule has 0 radical (unpaired) electrons. The van der Waals surface area contributed by atoms with Gasteiger partial charge in [-0.1, -0.05) is 0 Å². The van der Waals surface area contributed by atoms with Crippen LogP contribution >= 0.6 is 7.06 Å². The maximum absolute atomic E-state index is 6.35. The van der Waals surface area contributed by atoms with E-state index in [9.17, 15) is 0 Å². The van der Waals surface area contributed by atoms with Crippen LogP contribution in [0.5, 0.6) is 11.5 Å². The second-order valence-electron chi connectivity index (χ2n) is 4.69. The van der Waals surface area contributed by atoms with Crippen LogP contribution < -0.4 is 9.05 Å². The van der Waals surface area contributed by atoms with Crippen LogP contribution in [0.4, 0.5) is 0 Å². The van der Waals surface area contributed by atoms with Crippen LogP contribution in [0.1, 0.15) is 13.8 Å². The topological polar surface area (TPSA) is 18.5 Å². The molecule has 1 unspecified atom stereocenters. The monoisotopic (exact) mass is 236 g/mol. The Morgan fingerprint density at radius 1 is 1.25 bits per heavy atom. The molecule has 1 atom stereocenters. The Balaban J connectivity index is 2.10. The van der Waals surface area contributed by atoms with E-state index in [0.717, 1.165) is 23.8 Å². The summed E-state index contributed by atoms with van der Waals surface area (Å²) in [5.41, 5.74) is 0.406. The summed E-state index contributed by atoms with van der Waals surface area (Å²) >= 11 is 0. The molecule has 1 aromatic carbocycles. The molecule has 2 aliphatic rings. The Hall–Kier alpha value is -1.01. The Labute approximate surface area is 96.4 Å². The molecule has 0 fully saturated rings. The number of benzene rings is 1. The summed E-state index contributed by atoms with van der Waals surface area (Å²) in [6.45, 7) is 4.41. The van der Waals surface area contributed by atoms with E-state index in [1.54, 1.807) is 0 Å². The van der Waals surface area contributed by atoms with Crippen LogP contribution in [0.2, 0.25) is 0 Å². The second kappa shape index (κ2) is 3.01. The van der Waals surface area contributed by atoms with Crippen molar-refractivity contribution < 1.29 is 9.05 Å². The standard InChI is InChI=1S/C13H17O2P/c1-3-16(10-6-7-11(16)2)14-12-8-4-5-9-13(12)15-16/h4-9,11H,3,10H2,1-2H3. The quantitative estimate of drug-likeness (QED) is 0.545. The first-order chi connectivity index (χ1) is 7.68. The minimum absolute atomic E-state index is 0.406. The Kier molecular flexibility index (Phi) is 1.91. The molecule has 0 saturated carbocycles. The summed E-state index contributed by atoms with van der Waals surface area (Å²) in [6, 6.07) is 8.03. The zero-order chi connectivity index (χ0) is 11.3. The molecule has 0 N–H and O–H groups in total. The summed E-state index contributed by atoms with van der Waals surface area (Å²) in [4.78, 5) is 0. The second-order valence-corrected chi connectivity index (χ2v) is 9.65. The molecular weight excluding hydrogens is 219 g/mol. The maximum atomic E-state index is 6.35. The van der Waals surface area contributed by atoms with Crippen molar-refractivity contribution in [2.75, 3.05) is 12.3 Å². The predicted octanol–water partition coefficient (Wildman–Crippen LogP) is 3.82. The van der Waals surface area contributed by atoms with E-state index in [1.807, 2.05) is 24.3 Å². The molecule has 3 rings (SSSR count). The van der Waals surface area contributed by atoms with Gasteiger partial charge in [-0.3, -0.25) is 0 Å². The van der Waals surface area contributed by atoms with E-state index >= 15 is 0 Å². The van der Waals surface area contributed by atoms with Gasteiger partial charge in [-0.15, -0.1) is 0 Å². The minimum atomic E-state index is -2.49. The summed E-state index contributed by atoms with van der Waals surface area (Å²) < 4.78 is 12.7. The van der Waals surface area contributed by atoms with Gasteiger partial charge in [-0.2, -0.15) is 0 Å². The number of rotatable bonds is 1. The van der Waals surface area contributed by atoms with E-state index in [-0.39, 0.29) is 0 Å². The van der Waals surface area contributed by atoms with Crippen molar-refractivity contribution in [1.82, 2.24) is 0 Å². The number of hydrogen-bond acceptors (Lipinski definition) is 2. The van der Waals surface area contributed by atoms with Crippen molar-refractivity contribution in [3.05, 3.63) is 36.4 Å². The molecule has 0 aromatic heterocycles. The summed E-state index contributed by atoms with van der Waals surface area (Å²) in [6.07, 6.45) is 6.40. The van der Waals surface area contributed by atoms with Gasteiger partial charge in [-0.05, 0) is 0 Å². The average molecular weight is 236 g/mol. The number of para-hydroxylation sites is 2. The van der Waals surface area contributed by atoms with Crippen molar-refractivity contribution in [2.45, 2.75) is 19.5 Å². The summed E-state index contributed by atoms with van der Waals surface area (Å²) in [7, 11) is -2.49. The SMILES string of the molecule is CCP12(CC=CC1C)Oc1ccccc1O2. The first-order valence-electron chi connectivity index (χ1n) is 5.85. The fraction of sp³-hybridized carbons (Fsp3) is 0.385. The van der Waals surface area contributed by atoms with Crippen LogP contribution in [0.3, 0.4) is 0 Å². The van der Waals surface area contributed by atoms with Gasteiger partial charge in [0.25, 0.3) is 0 Å². The Bertz CT molecular complexity index is 442. The third-order valence-electron chi connectivity index (χ3n) is 3.96. The molecule has 1 aromatic rings. The molecule has 86 valence electrons. The van der Waals surface area contributed by atoms with Crippen LogP contribution in [0.25, 0.3) is 0 Å². The summed E-state index contributed by atoms with van der Waals surface area (Å²) in [5.74, 6) is 1.86. The van der Waals surface area contributed by atoms with Crippen LogP contribution in [-0.4, -0.2) is 18.0 Å². The molecular formula is C13H17O2P. The zero-order valence-electron chi connectivity index (χ0n) is 9.72. The van der Waals surface area contributed by atoms with Crippen molar-refractivity contribution in [3.63, 3.8) is 0 Å². The van der Waals surface area contributed by atoms with E-state index in [1.165, 1.54) is 0 Å². The first kappa shape index (κ1) is 10.2. The predicted molar refractivity (Wildman–Crippen MR) is 68.6 cm³/mol. The third-order valence-corrected chi connectivity index (χ3v) is 9.53. The zero-order valence-corrected chi connectivity index (χ0v) is 10.6. The molecule has 0 aliphatic carbocycles. The number of allylic oxidation sites excluding steroid dienone is 2. The molecule has 3 heteroatoms. The number of fused-ring (bicyclic) bond motifs is 1. The van der Waals surface area contributed by atoms with Gasteiger partial charge < -0.3 is 0 Å².